The largest absolute Gasteiger partial charge is 0.308 e. The Bertz CT molecular complexity index is 3720. The molecule has 4 heteroatoms. The Kier molecular flexibility index (Phi) is 5.34. The molecule has 9 aromatic carbocycles. The minimum Gasteiger partial charge on any atom is -0.308 e. The van der Waals surface area contributed by atoms with Crippen LogP contribution < -0.4 is 0 Å². The summed E-state index contributed by atoms with van der Waals surface area (Å²) >= 11 is 0. The molecule has 0 aliphatic carbocycles. The SMILES string of the molecule is c1ccc(-c2nc(-n3c4cccc5c6cccc7c8cc9ccccc9cc8n(c8cc9ccccc9c3c8c54)c67)nc3ccc4ccccc4c23)cc1. The average Bonchev–Trinajstić information content (AvgIpc) is 3.71. The third-order valence-corrected chi connectivity index (χ3v) is 11.8. The van der Waals surface area contributed by atoms with Gasteiger partial charge in [-0.25, -0.2) is 9.97 Å². The van der Waals surface area contributed by atoms with Crippen LogP contribution in [0.2, 0.25) is 0 Å². The van der Waals surface area contributed by atoms with Crippen LogP contribution in [-0.2, 0) is 0 Å². The van der Waals surface area contributed by atoms with Crippen molar-refractivity contribution in [2.75, 3.05) is 0 Å². The van der Waals surface area contributed by atoms with Crippen molar-refractivity contribution in [3.05, 3.63) is 170 Å². The second-order valence-electron chi connectivity index (χ2n) is 14.5. The fourth-order valence-corrected chi connectivity index (χ4v) is 9.53. The fourth-order valence-electron chi connectivity index (χ4n) is 9.53. The van der Waals surface area contributed by atoms with E-state index in [1.807, 2.05) is 0 Å². The molecule has 0 radical (unpaired) electrons. The molecule has 0 spiro atoms. The number of aromatic nitrogens is 4. The van der Waals surface area contributed by atoms with E-state index < -0.39 is 0 Å². The third kappa shape index (κ3) is 3.57. The molecular weight excluding hydrogens is 657 g/mol. The van der Waals surface area contributed by atoms with Gasteiger partial charge in [0, 0.05) is 43.3 Å². The van der Waals surface area contributed by atoms with E-state index in [1.54, 1.807) is 0 Å². The lowest BCUT2D eigenvalue weighted by Crippen LogP contribution is -2.04. The van der Waals surface area contributed by atoms with Crippen LogP contribution in [0.25, 0.3) is 120 Å². The van der Waals surface area contributed by atoms with Crippen LogP contribution in [0.4, 0.5) is 0 Å². The van der Waals surface area contributed by atoms with Crippen LogP contribution in [0.5, 0.6) is 0 Å². The van der Waals surface area contributed by atoms with E-state index in [1.165, 1.54) is 75.8 Å². The van der Waals surface area contributed by atoms with Crippen LogP contribution in [0.1, 0.15) is 0 Å². The van der Waals surface area contributed by atoms with Crippen molar-refractivity contribution < 1.29 is 0 Å². The molecule has 0 saturated heterocycles. The predicted octanol–water partition coefficient (Wildman–Crippen LogP) is 13.0. The molecule has 0 unspecified atom stereocenters. The number of fused-ring (bicyclic) bond motifs is 11. The van der Waals surface area contributed by atoms with Crippen molar-refractivity contribution >= 4 is 103 Å². The van der Waals surface area contributed by atoms with Crippen molar-refractivity contribution in [1.29, 1.82) is 0 Å². The van der Waals surface area contributed by atoms with Gasteiger partial charge in [-0.15, -0.1) is 0 Å². The zero-order chi connectivity index (χ0) is 35.1. The van der Waals surface area contributed by atoms with Gasteiger partial charge in [-0.3, -0.25) is 4.57 Å². The molecule has 4 aromatic heterocycles. The van der Waals surface area contributed by atoms with Gasteiger partial charge in [0.15, 0.2) is 0 Å². The molecule has 0 atom stereocenters. The molecule has 0 aliphatic heterocycles. The normalized spacial score (nSPS) is 12.4. The maximum atomic E-state index is 5.58. The summed E-state index contributed by atoms with van der Waals surface area (Å²) < 4.78 is 4.88. The Morgan fingerprint density at radius 1 is 0.352 bits per heavy atom. The maximum absolute atomic E-state index is 5.58. The van der Waals surface area contributed by atoms with Gasteiger partial charge in [-0.1, -0.05) is 140 Å². The highest BCUT2D eigenvalue weighted by molar-refractivity contribution is 6.34. The Labute approximate surface area is 308 Å². The van der Waals surface area contributed by atoms with Gasteiger partial charge in [-0.05, 0) is 62.6 Å². The first-order valence-corrected chi connectivity index (χ1v) is 18.5. The van der Waals surface area contributed by atoms with Gasteiger partial charge in [-0.2, -0.15) is 0 Å². The van der Waals surface area contributed by atoms with Gasteiger partial charge < -0.3 is 4.40 Å². The Balaban J connectivity index is 1.29. The quantitative estimate of drug-likeness (QED) is 0.170. The van der Waals surface area contributed by atoms with E-state index in [0.29, 0.717) is 5.95 Å². The predicted molar refractivity (Wildman–Crippen MR) is 226 cm³/mol. The van der Waals surface area contributed by atoms with E-state index in [4.69, 9.17) is 9.97 Å². The summed E-state index contributed by atoms with van der Waals surface area (Å²) in [5.41, 5.74) is 8.77. The molecule has 0 fully saturated rings. The second-order valence-corrected chi connectivity index (χ2v) is 14.5. The molecule has 0 aliphatic rings. The van der Waals surface area contributed by atoms with E-state index in [0.717, 1.165) is 38.6 Å². The van der Waals surface area contributed by atoms with Gasteiger partial charge >= 0.3 is 0 Å². The van der Waals surface area contributed by atoms with Crippen molar-refractivity contribution in [3.63, 3.8) is 0 Å². The first kappa shape index (κ1) is 28.3. The average molecular weight is 685 g/mol. The van der Waals surface area contributed by atoms with E-state index in [-0.39, 0.29) is 0 Å². The number of hydrogen-bond acceptors (Lipinski definition) is 2. The first-order valence-electron chi connectivity index (χ1n) is 18.5. The molecule has 248 valence electrons. The number of hydrogen-bond donors (Lipinski definition) is 0. The molecule has 54 heavy (non-hydrogen) atoms. The van der Waals surface area contributed by atoms with Crippen molar-refractivity contribution in [2.24, 2.45) is 0 Å². The number of rotatable bonds is 2. The lowest BCUT2D eigenvalue weighted by Gasteiger charge is -2.14. The highest BCUT2D eigenvalue weighted by Crippen LogP contribution is 2.47. The fraction of sp³-hybridized carbons (Fsp3) is 0. The lowest BCUT2D eigenvalue weighted by molar-refractivity contribution is 1.02. The monoisotopic (exact) mass is 684 g/mol. The summed E-state index contributed by atoms with van der Waals surface area (Å²) in [7, 11) is 0. The Morgan fingerprint density at radius 2 is 1.00 bits per heavy atom. The smallest absolute Gasteiger partial charge is 0.235 e. The van der Waals surface area contributed by atoms with Crippen molar-refractivity contribution in [1.82, 2.24) is 18.9 Å². The van der Waals surface area contributed by atoms with Crippen LogP contribution in [0.3, 0.4) is 0 Å². The first-order chi connectivity index (χ1) is 26.8. The molecular formula is C50H28N4. The molecule has 4 heterocycles. The van der Waals surface area contributed by atoms with E-state index in [9.17, 15) is 0 Å². The number of nitrogens with zero attached hydrogens (tertiary/aromatic N) is 4. The topological polar surface area (TPSA) is 35.1 Å². The maximum Gasteiger partial charge on any atom is 0.235 e. The van der Waals surface area contributed by atoms with Crippen molar-refractivity contribution in [3.8, 4) is 17.2 Å². The van der Waals surface area contributed by atoms with Gasteiger partial charge in [0.25, 0.3) is 0 Å². The van der Waals surface area contributed by atoms with Crippen LogP contribution in [0.15, 0.2) is 170 Å². The van der Waals surface area contributed by atoms with E-state index >= 15 is 0 Å². The van der Waals surface area contributed by atoms with Gasteiger partial charge in [0.05, 0.1) is 38.8 Å². The number of benzene rings is 9. The summed E-state index contributed by atoms with van der Waals surface area (Å²) in [6.45, 7) is 0. The van der Waals surface area contributed by atoms with E-state index in [2.05, 4.69) is 179 Å². The summed E-state index contributed by atoms with van der Waals surface area (Å²) in [6.07, 6.45) is 0. The lowest BCUT2D eigenvalue weighted by atomic mass is 10.0. The zero-order valence-corrected chi connectivity index (χ0v) is 29.0. The molecule has 0 bridgehead atoms. The Hall–Kier alpha value is -7.30. The van der Waals surface area contributed by atoms with Gasteiger partial charge in [0.2, 0.25) is 5.95 Å². The van der Waals surface area contributed by atoms with Crippen molar-refractivity contribution in [2.45, 2.75) is 0 Å². The molecule has 4 nitrogen and oxygen atoms in total. The molecule has 0 amide bonds. The molecule has 0 N–H and O–H groups in total. The third-order valence-electron chi connectivity index (χ3n) is 11.8. The van der Waals surface area contributed by atoms with Crippen LogP contribution in [0, 0.1) is 0 Å². The molecule has 13 aromatic rings. The van der Waals surface area contributed by atoms with Crippen LogP contribution in [-0.4, -0.2) is 18.9 Å². The summed E-state index contributed by atoms with van der Waals surface area (Å²) in [6, 6.07) is 61.7. The summed E-state index contributed by atoms with van der Waals surface area (Å²) in [5, 5.41) is 15.6. The highest BCUT2D eigenvalue weighted by atomic mass is 15.2. The minimum atomic E-state index is 0.665. The number of para-hydroxylation sites is 1. The van der Waals surface area contributed by atoms with Crippen LogP contribution >= 0.6 is 0 Å². The molecule has 13 rings (SSSR count). The summed E-state index contributed by atoms with van der Waals surface area (Å²) in [5.74, 6) is 0.665. The second kappa shape index (κ2) is 10.2. The standard InChI is InChI=1S/C50H28N4/c1-2-13-30(14-3-1)47-44-34-18-8-6-12-29(34)24-25-40(44)51-50(52-47)54-41-23-11-20-36-37-21-10-22-38-39-26-31-15-4-5-16-32(31)27-42(39)53(48(37)38)43-28-33-17-7-9-19-35(33)49(54)46(43)45(36)41/h1-28H. The molecule has 0 saturated carbocycles. The van der Waals surface area contributed by atoms with Gasteiger partial charge in [0.1, 0.15) is 0 Å². The highest BCUT2D eigenvalue weighted by Gasteiger charge is 2.25. The zero-order valence-electron chi connectivity index (χ0n) is 29.0. The summed E-state index contributed by atoms with van der Waals surface area (Å²) in [4.78, 5) is 11.0. The Morgan fingerprint density at radius 3 is 1.85 bits per heavy atom. The minimum absolute atomic E-state index is 0.665.